The molecule has 3 aromatic carbocycles. The number of carbonyl (C=O) groups excluding carboxylic acids is 1. The van der Waals surface area contributed by atoms with Crippen molar-refractivity contribution in [1.29, 1.82) is 0 Å². The lowest BCUT2D eigenvalue weighted by molar-refractivity contribution is -0.113. The summed E-state index contributed by atoms with van der Waals surface area (Å²) in [7, 11) is -2.12. The molecular formula is C25H24N2O5S. The van der Waals surface area contributed by atoms with Gasteiger partial charge in [0.05, 0.1) is 4.90 Å². The van der Waals surface area contributed by atoms with Crippen LogP contribution in [-0.2, 0) is 27.7 Å². The molecule has 170 valence electrons. The molecule has 1 aliphatic rings. The van der Waals surface area contributed by atoms with Gasteiger partial charge in [-0.05, 0) is 72.0 Å². The number of amides is 1. The fourth-order valence-corrected chi connectivity index (χ4v) is 5.14. The van der Waals surface area contributed by atoms with Crippen molar-refractivity contribution in [2.45, 2.75) is 23.8 Å². The summed E-state index contributed by atoms with van der Waals surface area (Å²) in [6.45, 7) is 0. The number of phenolic OH excluding ortho intramolecular Hbond substituents is 2. The van der Waals surface area contributed by atoms with Crippen LogP contribution >= 0.6 is 0 Å². The molecule has 0 atom stereocenters. The van der Waals surface area contributed by atoms with Gasteiger partial charge in [-0.2, -0.15) is 0 Å². The lowest BCUT2D eigenvalue weighted by Gasteiger charge is -2.17. The Kier molecular flexibility index (Phi) is 6.22. The van der Waals surface area contributed by atoms with Gasteiger partial charge in [-0.1, -0.05) is 24.3 Å². The van der Waals surface area contributed by atoms with Gasteiger partial charge in [-0.3, -0.25) is 4.79 Å². The molecule has 3 N–H and O–H groups in total. The molecule has 8 heteroatoms. The van der Waals surface area contributed by atoms with Crippen LogP contribution in [0.4, 0.5) is 5.69 Å². The third-order valence-electron chi connectivity index (χ3n) is 5.58. The third-order valence-corrected chi connectivity index (χ3v) is 7.12. The maximum Gasteiger partial charge on any atom is 0.250 e. The molecule has 0 aromatic heterocycles. The largest absolute Gasteiger partial charge is 0.508 e. The van der Waals surface area contributed by atoms with Crippen molar-refractivity contribution in [3.63, 3.8) is 0 Å². The maximum absolute atomic E-state index is 12.8. The van der Waals surface area contributed by atoms with E-state index in [0.717, 1.165) is 11.1 Å². The fourth-order valence-electron chi connectivity index (χ4n) is 3.90. The van der Waals surface area contributed by atoms with Crippen LogP contribution in [0.3, 0.4) is 0 Å². The number of hydrogen-bond donors (Lipinski definition) is 3. The Morgan fingerprint density at radius 3 is 2.12 bits per heavy atom. The Morgan fingerprint density at radius 2 is 1.55 bits per heavy atom. The highest BCUT2D eigenvalue weighted by Crippen LogP contribution is 2.24. The predicted molar refractivity (Wildman–Crippen MR) is 127 cm³/mol. The van der Waals surface area contributed by atoms with Gasteiger partial charge in [0.1, 0.15) is 11.5 Å². The van der Waals surface area contributed by atoms with E-state index in [2.05, 4.69) is 4.72 Å². The number of nitrogens with zero attached hydrogens (tertiary/aromatic N) is 1. The van der Waals surface area contributed by atoms with Gasteiger partial charge in [-0.25, -0.2) is 13.1 Å². The molecule has 33 heavy (non-hydrogen) atoms. The van der Waals surface area contributed by atoms with Gasteiger partial charge >= 0.3 is 0 Å². The van der Waals surface area contributed by atoms with Crippen LogP contribution in [0.15, 0.2) is 77.7 Å². The summed E-state index contributed by atoms with van der Waals surface area (Å²) in [5.41, 5.74) is 3.32. The molecule has 0 bridgehead atoms. The van der Waals surface area contributed by atoms with Crippen LogP contribution in [0.5, 0.6) is 11.5 Å². The zero-order valence-corrected chi connectivity index (χ0v) is 18.8. The Labute approximate surface area is 192 Å². The van der Waals surface area contributed by atoms with Crippen LogP contribution in [0.1, 0.15) is 16.7 Å². The molecule has 3 aromatic rings. The van der Waals surface area contributed by atoms with Crippen molar-refractivity contribution in [1.82, 2.24) is 4.72 Å². The number of rotatable bonds is 6. The molecule has 7 nitrogen and oxygen atoms in total. The van der Waals surface area contributed by atoms with Crippen molar-refractivity contribution in [3.05, 3.63) is 89.5 Å². The molecule has 0 saturated carbocycles. The zero-order valence-electron chi connectivity index (χ0n) is 18.0. The molecule has 0 unspecified atom stereocenters. The number of sulfonamides is 1. The minimum Gasteiger partial charge on any atom is -0.508 e. The van der Waals surface area contributed by atoms with Gasteiger partial charge in [-0.15, -0.1) is 0 Å². The second-order valence-corrected chi connectivity index (χ2v) is 9.72. The molecule has 4 rings (SSSR count). The molecule has 0 fully saturated rings. The number of carbonyl (C=O) groups is 1. The van der Waals surface area contributed by atoms with Crippen LogP contribution in [0.25, 0.3) is 6.08 Å². The molecule has 1 aliphatic carbocycles. The van der Waals surface area contributed by atoms with Gasteiger partial charge in [0, 0.05) is 30.9 Å². The van der Waals surface area contributed by atoms with Gasteiger partial charge in [0.2, 0.25) is 10.0 Å². The summed E-state index contributed by atoms with van der Waals surface area (Å²) in [6, 6.07) is 17.9. The molecule has 0 heterocycles. The first-order valence-electron chi connectivity index (χ1n) is 10.4. The van der Waals surface area contributed by atoms with E-state index in [1.807, 2.05) is 24.3 Å². The van der Waals surface area contributed by atoms with Crippen LogP contribution in [-0.4, -0.2) is 37.6 Å². The van der Waals surface area contributed by atoms with Crippen LogP contribution < -0.4 is 9.62 Å². The third kappa shape index (κ3) is 5.24. The van der Waals surface area contributed by atoms with E-state index in [0.29, 0.717) is 24.1 Å². The van der Waals surface area contributed by atoms with Crippen molar-refractivity contribution in [2.75, 3.05) is 11.9 Å². The first-order valence-corrected chi connectivity index (χ1v) is 11.9. The second kappa shape index (κ2) is 9.09. The highest BCUT2D eigenvalue weighted by Gasteiger charge is 2.26. The molecule has 0 spiro atoms. The molecular weight excluding hydrogens is 440 g/mol. The molecule has 1 amide bonds. The topological polar surface area (TPSA) is 107 Å². The Balaban J connectivity index is 1.41. The monoisotopic (exact) mass is 464 g/mol. The normalized spacial score (nSPS) is 13.8. The number of benzene rings is 3. The minimum absolute atomic E-state index is 0.109. The summed E-state index contributed by atoms with van der Waals surface area (Å²) < 4.78 is 28.4. The SMILES string of the molecule is CN(C(=O)C=Cc1cc(O)cc(O)c1)c1ccc(S(=O)(=O)NC2Cc3ccccc3C2)cc1. The van der Waals surface area contributed by atoms with Crippen molar-refractivity contribution in [3.8, 4) is 11.5 Å². The number of nitrogens with one attached hydrogen (secondary N) is 1. The lowest BCUT2D eigenvalue weighted by atomic mass is 10.1. The van der Waals surface area contributed by atoms with Crippen molar-refractivity contribution < 1.29 is 23.4 Å². The number of phenols is 2. The number of hydrogen-bond acceptors (Lipinski definition) is 5. The van der Waals surface area contributed by atoms with Crippen molar-refractivity contribution in [2.24, 2.45) is 0 Å². The summed E-state index contributed by atoms with van der Waals surface area (Å²) in [5.74, 6) is -0.569. The van der Waals surface area contributed by atoms with E-state index in [1.54, 1.807) is 19.2 Å². The first kappa shape index (κ1) is 22.6. The smallest absolute Gasteiger partial charge is 0.250 e. The van der Waals surface area contributed by atoms with E-state index in [-0.39, 0.29) is 28.3 Å². The quantitative estimate of drug-likeness (QED) is 0.486. The number of fused-ring (bicyclic) bond motifs is 1. The lowest BCUT2D eigenvalue weighted by Crippen LogP contribution is -2.35. The van der Waals surface area contributed by atoms with Crippen LogP contribution in [0.2, 0.25) is 0 Å². The highest BCUT2D eigenvalue weighted by atomic mass is 32.2. The number of anilines is 1. The fraction of sp³-hybridized carbons (Fsp3) is 0.160. The number of likely N-dealkylation sites (N-methyl/N-ethyl adjacent to an activating group) is 1. The Hall–Kier alpha value is -3.62. The molecule has 0 radical (unpaired) electrons. The standard InChI is InChI=1S/C25H24N2O5S/c1-27(25(30)11-6-17-12-22(28)16-23(29)13-17)21-7-9-24(10-8-21)33(31,32)26-20-14-18-4-2-3-5-19(18)15-20/h2-13,16,20,26,28-29H,14-15H2,1H3. The van der Waals surface area contributed by atoms with E-state index in [4.69, 9.17) is 0 Å². The van der Waals surface area contributed by atoms with E-state index < -0.39 is 10.0 Å². The van der Waals surface area contributed by atoms with Crippen molar-refractivity contribution >= 4 is 27.7 Å². The maximum atomic E-state index is 12.8. The van der Waals surface area contributed by atoms with E-state index in [9.17, 15) is 23.4 Å². The Bertz CT molecular complexity index is 1270. The summed E-state index contributed by atoms with van der Waals surface area (Å²) >= 11 is 0. The van der Waals surface area contributed by atoms with Gasteiger partial charge < -0.3 is 15.1 Å². The van der Waals surface area contributed by atoms with Crippen LogP contribution in [0, 0.1) is 0 Å². The Morgan fingerprint density at radius 1 is 0.970 bits per heavy atom. The summed E-state index contributed by atoms with van der Waals surface area (Å²) in [6.07, 6.45) is 4.10. The minimum atomic E-state index is -3.69. The summed E-state index contributed by atoms with van der Waals surface area (Å²) in [5, 5.41) is 19.1. The van der Waals surface area contributed by atoms with E-state index in [1.165, 1.54) is 47.4 Å². The predicted octanol–water partition coefficient (Wildman–Crippen LogP) is 3.22. The average molecular weight is 465 g/mol. The van der Waals surface area contributed by atoms with E-state index >= 15 is 0 Å². The average Bonchev–Trinajstić information content (AvgIpc) is 3.18. The van der Waals surface area contributed by atoms with Gasteiger partial charge in [0.25, 0.3) is 5.91 Å². The molecule has 0 saturated heterocycles. The number of aromatic hydroxyl groups is 2. The second-order valence-electron chi connectivity index (χ2n) is 8.00. The highest BCUT2D eigenvalue weighted by molar-refractivity contribution is 7.89. The summed E-state index contributed by atoms with van der Waals surface area (Å²) in [4.78, 5) is 14.0. The van der Waals surface area contributed by atoms with Gasteiger partial charge in [0.15, 0.2) is 0 Å². The molecule has 0 aliphatic heterocycles. The first-order chi connectivity index (χ1) is 15.7. The zero-order chi connectivity index (χ0) is 23.6.